The zero-order valence-electron chi connectivity index (χ0n) is 20.3. The van der Waals surface area contributed by atoms with E-state index in [0.29, 0.717) is 18.7 Å². The third kappa shape index (κ3) is 3.47. The quantitative estimate of drug-likeness (QED) is 0.434. The van der Waals surface area contributed by atoms with Crippen molar-refractivity contribution in [2.75, 3.05) is 31.1 Å². The van der Waals surface area contributed by atoms with Crippen molar-refractivity contribution in [2.45, 2.75) is 40.0 Å². The lowest BCUT2D eigenvalue weighted by Crippen LogP contribution is -2.49. The first-order valence-electron chi connectivity index (χ1n) is 12.1. The van der Waals surface area contributed by atoms with E-state index in [0.717, 1.165) is 65.2 Å². The number of carbonyl (C=O) groups excluding carboxylic acids is 1. The lowest BCUT2D eigenvalue weighted by atomic mass is 9.89. The number of rotatable bonds is 2. The van der Waals surface area contributed by atoms with E-state index in [1.807, 2.05) is 55.3 Å². The van der Waals surface area contributed by atoms with Crippen molar-refractivity contribution in [3.8, 4) is 0 Å². The molecule has 2 aliphatic rings. The van der Waals surface area contributed by atoms with Crippen molar-refractivity contribution in [3.05, 3.63) is 45.9 Å². The molecule has 0 radical (unpaired) electrons. The minimum atomic E-state index is 0.0794. The Balaban J connectivity index is 1.24. The molecule has 0 spiro atoms. The van der Waals surface area contributed by atoms with E-state index in [1.165, 1.54) is 22.2 Å². The number of fused-ring (bicyclic) bond motifs is 4. The Labute approximate surface area is 203 Å². The van der Waals surface area contributed by atoms with E-state index in [-0.39, 0.29) is 5.91 Å². The first-order valence-corrected chi connectivity index (χ1v) is 13.0. The number of hydrogen-bond donors (Lipinski definition) is 0. The van der Waals surface area contributed by atoms with Crippen LogP contribution in [0.15, 0.2) is 18.2 Å². The summed E-state index contributed by atoms with van der Waals surface area (Å²) in [5.41, 5.74) is 4.10. The lowest BCUT2D eigenvalue weighted by Gasteiger charge is -2.36. The van der Waals surface area contributed by atoms with Gasteiger partial charge < -0.3 is 14.4 Å². The molecule has 0 bridgehead atoms. The lowest BCUT2D eigenvalue weighted by molar-refractivity contribution is 0.0746. The van der Waals surface area contributed by atoms with Crippen LogP contribution in [0.1, 0.15) is 45.8 Å². The predicted molar refractivity (Wildman–Crippen MR) is 137 cm³/mol. The normalized spacial score (nSPS) is 18.6. The third-order valence-electron chi connectivity index (χ3n) is 7.47. The Hall–Kier alpha value is -3.00. The highest BCUT2D eigenvalue weighted by molar-refractivity contribution is 7.19. The molecule has 0 unspecified atom stereocenters. The first kappa shape index (κ1) is 21.5. The molecule has 176 valence electrons. The molecule has 4 aromatic rings. The van der Waals surface area contributed by atoms with Gasteiger partial charge in [-0.2, -0.15) is 0 Å². The molecule has 0 saturated carbocycles. The van der Waals surface area contributed by atoms with E-state index >= 15 is 0 Å². The van der Waals surface area contributed by atoms with Crippen LogP contribution in [0.2, 0.25) is 0 Å². The molecule has 0 N–H and O–H groups in total. The van der Waals surface area contributed by atoms with Gasteiger partial charge in [0.25, 0.3) is 5.91 Å². The third-order valence-corrected chi connectivity index (χ3v) is 8.61. The van der Waals surface area contributed by atoms with Crippen molar-refractivity contribution in [1.82, 2.24) is 24.4 Å². The maximum Gasteiger partial charge on any atom is 0.254 e. The average Bonchev–Trinajstić information content (AvgIpc) is 3.33. The Morgan fingerprint density at radius 1 is 1.09 bits per heavy atom. The summed E-state index contributed by atoms with van der Waals surface area (Å²) in [5, 5.41) is 1.26. The van der Waals surface area contributed by atoms with Gasteiger partial charge >= 0.3 is 0 Å². The van der Waals surface area contributed by atoms with Crippen molar-refractivity contribution in [3.63, 3.8) is 0 Å². The molecular formula is C26H30N6OS. The molecule has 3 aromatic heterocycles. The fraction of sp³-hybridized carbons (Fsp3) is 0.462. The summed E-state index contributed by atoms with van der Waals surface area (Å²) in [7, 11) is 2.00. The van der Waals surface area contributed by atoms with Gasteiger partial charge in [0, 0.05) is 43.7 Å². The van der Waals surface area contributed by atoms with Crippen molar-refractivity contribution in [2.24, 2.45) is 13.0 Å². The number of aryl methyl sites for hydroxylation is 4. The van der Waals surface area contributed by atoms with Gasteiger partial charge in [-0.1, -0.05) is 6.92 Å². The van der Waals surface area contributed by atoms with Crippen LogP contribution >= 0.6 is 11.3 Å². The van der Waals surface area contributed by atoms with Gasteiger partial charge in [-0.25, -0.2) is 15.0 Å². The van der Waals surface area contributed by atoms with Crippen molar-refractivity contribution in [1.29, 1.82) is 0 Å². The largest absolute Gasteiger partial charge is 0.352 e. The van der Waals surface area contributed by atoms with Gasteiger partial charge in [0.2, 0.25) is 0 Å². The molecule has 4 heterocycles. The molecule has 1 amide bonds. The number of amides is 1. The van der Waals surface area contributed by atoms with Crippen LogP contribution in [0.3, 0.4) is 0 Å². The minimum Gasteiger partial charge on any atom is -0.352 e. The second-order valence-electron chi connectivity index (χ2n) is 9.83. The number of carbonyl (C=O) groups is 1. The number of thiophene rings is 1. The van der Waals surface area contributed by atoms with E-state index < -0.39 is 0 Å². The van der Waals surface area contributed by atoms with Crippen LogP contribution in [0.5, 0.6) is 0 Å². The van der Waals surface area contributed by atoms with E-state index in [4.69, 9.17) is 9.97 Å². The average molecular weight is 475 g/mol. The summed E-state index contributed by atoms with van der Waals surface area (Å²) in [6.07, 6.45) is 3.50. The molecule has 1 aliphatic carbocycles. The van der Waals surface area contributed by atoms with Crippen LogP contribution in [0, 0.1) is 19.8 Å². The number of anilines is 1. The number of benzene rings is 1. The number of imidazole rings is 1. The molecule has 1 saturated heterocycles. The Morgan fingerprint density at radius 3 is 2.68 bits per heavy atom. The van der Waals surface area contributed by atoms with Gasteiger partial charge in [-0.05, 0) is 62.8 Å². The molecule has 6 rings (SSSR count). The second kappa shape index (κ2) is 8.05. The smallest absolute Gasteiger partial charge is 0.254 e. The monoisotopic (exact) mass is 474 g/mol. The molecule has 1 aliphatic heterocycles. The maximum atomic E-state index is 13.3. The molecule has 7 nitrogen and oxygen atoms in total. The summed E-state index contributed by atoms with van der Waals surface area (Å²) < 4.78 is 2.05. The summed E-state index contributed by atoms with van der Waals surface area (Å²) in [4.78, 5) is 34.5. The topological polar surface area (TPSA) is 67.2 Å². The van der Waals surface area contributed by atoms with E-state index in [2.05, 4.69) is 21.4 Å². The first-order chi connectivity index (χ1) is 16.4. The van der Waals surface area contributed by atoms with Crippen LogP contribution in [0.25, 0.3) is 21.3 Å². The summed E-state index contributed by atoms with van der Waals surface area (Å²) in [5.74, 6) is 3.65. The number of nitrogens with zero attached hydrogens (tertiary/aromatic N) is 6. The number of piperazine rings is 1. The summed E-state index contributed by atoms with van der Waals surface area (Å²) >= 11 is 1.85. The van der Waals surface area contributed by atoms with Crippen LogP contribution in [-0.4, -0.2) is 56.5 Å². The van der Waals surface area contributed by atoms with Gasteiger partial charge in [0.1, 0.15) is 22.3 Å². The number of aromatic nitrogens is 4. The Kier molecular flexibility index (Phi) is 5.09. The Bertz CT molecular complexity index is 1430. The van der Waals surface area contributed by atoms with Crippen molar-refractivity contribution >= 4 is 44.3 Å². The van der Waals surface area contributed by atoms with E-state index in [9.17, 15) is 4.79 Å². The second-order valence-corrected chi connectivity index (χ2v) is 10.9. The van der Waals surface area contributed by atoms with Gasteiger partial charge in [-0.3, -0.25) is 4.79 Å². The fourth-order valence-corrected chi connectivity index (χ4v) is 6.84. The molecule has 1 fully saturated rings. The highest BCUT2D eigenvalue weighted by Crippen LogP contribution is 2.41. The molecule has 1 aromatic carbocycles. The highest BCUT2D eigenvalue weighted by atomic mass is 32.1. The van der Waals surface area contributed by atoms with Crippen LogP contribution < -0.4 is 4.90 Å². The maximum absolute atomic E-state index is 13.3. The van der Waals surface area contributed by atoms with Crippen molar-refractivity contribution < 1.29 is 4.79 Å². The van der Waals surface area contributed by atoms with Crippen LogP contribution in [0.4, 0.5) is 5.82 Å². The highest BCUT2D eigenvalue weighted by Gasteiger charge is 2.28. The number of hydrogen-bond acceptors (Lipinski definition) is 6. The van der Waals surface area contributed by atoms with Crippen LogP contribution in [-0.2, 0) is 19.9 Å². The Morgan fingerprint density at radius 2 is 1.88 bits per heavy atom. The van der Waals surface area contributed by atoms with E-state index in [1.54, 1.807) is 0 Å². The fourth-order valence-electron chi connectivity index (χ4n) is 5.41. The molecule has 1 atom stereocenters. The van der Waals surface area contributed by atoms with Gasteiger partial charge in [-0.15, -0.1) is 11.3 Å². The standard InChI is InChI=1S/C26H30N6OS/c1-15-5-7-19-22(13-15)34-25-23(19)24(27-16(2)28-25)31-9-11-32(12-10-31)26(33)18-6-8-21-20(14-18)29-17(3)30(21)4/h6,8,14-15H,5,7,9-13H2,1-4H3/t15-/m1/s1. The van der Waals surface area contributed by atoms with Gasteiger partial charge in [0.15, 0.2) is 0 Å². The summed E-state index contributed by atoms with van der Waals surface area (Å²) in [6, 6.07) is 5.85. The molecular weight excluding hydrogens is 444 g/mol. The summed E-state index contributed by atoms with van der Waals surface area (Å²) in [6.45, 7) is 9.25. The zero-order chi connectivity index (χ0) is 23.6. The molecule has 8 heteroatoms. The SMILES string of the molecule is Cc1nc(N2CCN(C(=O)c3ccc4c(c3)nc(C)n4C)CC2)c2c3c(sc2n1)C[C@H](C)CC3. The predicted octanol–water partition coefficient (Wildman–Crippen LogP) is 4.28. The molecule has 34 heavy (non-hydrogen) atoms. The van der Waals surface area contributed by atoms with Gasteiger partial charge in [0.05, 0.1) is 16.4 Å². The minimum absolute atomic E-state index is 0.0794. The zero-order valence-corrected chi connectivity index (χ0v) is 21.1.